The number of amidine groups is 1. The number of benzene rings is 1. The predicted molar refractivity (Wildman–Crippen MR) is 115 cm³/mol. The van der Waals surface area contributed by atoms with Crippen LogP contribution < -0.4 is 10.6 Å². The van der Waals surface area contributed by atoms with Crippen LogP contribution in [0, 0.1) is 5.92 Å². The molecule has 0 unspecified atom stereocenters. The van der Waals surface area contributed by atoms with E-state index in [1.54, 1.807) is 0 Å². The summed E-state index contributed by atoms with van der Waals surface area (Å²) in [5, 5.41) is 9.40. The van der Waals surface area contributed by atoms with Crippen molar-refractivity contribution in [2.75, 3.05) is 17.2 Å². The van der Waals surface area contributed by atoms with Crippen LogP contribution in [0.4, 0.5) is 11.5 Å². The van der Waals surface area contributed by atoms with E-state index >= 15 is 0 Å². The average molecular weight is 371 g/mol. The Balaban J connectivity index is 1.34. The summed E-state index contributed by atoms with van der Waals surface area (Å²) in [6.45, 7) is 1.66. The highest BCUT2D eigenvalue weighted by molar-refractivity contribution is 6.11. The van der Waals surface area contributed by atoms with Crippen LogP contribution in [0.3, 0.4) is 0 Å². The van der Waals surface area contributed by atoms with Crippen LogP contribution in [-0.2, 0) is 6.54 Å². The molecule has 5 nitrogen and oxygen atoms in total. The molecule has 28 heavy (non-hydrogen) atoms. The summed E-state index contributed by atoms with van der Waals surface area (Å²) in [5.41, 5.74) is 3.16. The van der Waals surface area contributed by atoms with E-state index in [4.69, 9.17) is 0 Å². The van der Waals surface area contributed by atoms with Crippen molar-refractivity contribution in [3.8, 4) is 0 Å². The molecule has 142 valence electrons. The quantitative estimate of drug-likeness (QED) is 0.678. The normalized spacial score (nSPS) is 16.6. The van der Waals surface area contributed by atoms with Gasteiger partial charge in [0.1, 0.15) is 11.7 Å². The molecule has 3 aromatic rings. The number of hydrogen-bond donors (Lipinski definition) is 2. The highest BCUT2D eigenvalue weighted by Gasteiger charge is 2.17. The number of hydrogen-bond acceptors (Lipinski definition) is 5. The molecule has 1 aromatic carbocycles. The van der Waals surface area contributed by atoms with E-state index in [9.17, 15) is 0 Å². The van der Waals surface area contributed by atoms with Gasteiger partial charge in [0.2, 0.25) is 0 Å². The molecule has 2 N–H and O–H groups in total. The maximum atomic E-state index is 4.60. The van der Waals surface area contributed by atoms with E-state index in [1.807, 2.05) is 18.5 Å². The van der Waals surface area contributed by atoms with Gasteiger partial charge >= 0.3 is 0 Å². The maximum absolute atomic E-state index is 4.60. The van der Waals surface area contributed by atoms with Gasteiger partial charge in [-0.05, 0) is 60.5 Å². The van der Waals surface area contributed by atoms with Gasteiger partial charge in [-0.3, -0.25) is 9.98 Å². The van der Waals surface area contributed by atoms with Crippen molar-refractivity contribution in [2.24, 2.45) is 10.9 Å². The summed E-state index contributed by atoms with van der Waals surface area (Å²) >= 11 is 0. The Morgan fingerprint density at radius 3 is 2.82 bits per heavy atom. The third-order valence-corrected chi connectivity index (χ3v) is 5.84. The summed E-state index contributed by atoms with van der Waals surface area (Å²) in [7, 11) is 0. The van der Waals surface area contributed by atoms with Crippen molar-refractivity contribution in [3.05, 3.63) is 60.0 Å². The number of nitrogens with one attached hydrogen (secondary N) is 2. The first-order valence-electron chi connectivity index (χ1n) is 10.3. The largest absolute Gasteiger partial charge is 0.369 e. The van der Waals surface area contributed by atoms with Crippen LogP contribution >= 0.6 is 0 Å². The van der Waals surface area contributed by atoms with Crippen LogP contribution in [0.25, 0.3) is 10.8 Å². The van der Waals surface area contributed by atoms with Gasteiger partial charge in [0.15, 0.2) is 0 Å². The second kappa shape index (κ2) is 7.58. The minimum atomic E-state index is 0.644. The molecular weight excluding hydrogens is 346 g/mol. The fourth-order valence-corrected chi connectivity index (χ4v) is 4.29. The van der Waals surface area contributed by atoms with Crippen molar-refractivity contribution >= 4 is 28.1 Å². The second-order valence-electron chi connectivity index (χ2n) is 7.77. The molecule has 5 rings (SSSR count). The van der Waals surface area contributed by atoms with Gasteiger partial charge in [-0.25, -0.2) is 4.98 Å². The Bertz CT molecular complexity index is 1020. The van der Waals surface area contributed by atoms with Gasteiger partial charge < -0.3 is 10.6 Å². The lowest BCUT2D eigenvalue weighted by atomic mass is 9.89. The molecule has 0 atom stereocenters. The number of nitrogens with zero attached hydrogens (tertiary/aromatic N) is 3. The van der Waals surface area contributed by atoms with Gasteiger partial charge in [0.05, 0.1) is 12.2 Å². The second-order valence-corrected chi connectivity index (χ2v) is 7.77. The van der Waals surface area contributed by atoms with Crippen molar-refractivity contribution in [3.63, 3.8) is 0 Å². The lowest BCUT2D eigenvalue weighted by molar-refractivity contribution is 0.373. The summed E-state index contributed by atoms with van der Waals surface area (Å²) in [6.07, 6.45) is 10.5. The van der Waals surface area contributed by atoms with Crippen molar-refractivity contribution in [2.45, 2.75) is 38.6 Å². The number of anilines is 2. The molecule has 1 fully saturated rings. The molecule has 1 saturated carbocycles. The average Bonchev–Trinajstić information content (AvgIpc) is 3.16. The zero-order chi connectivity index (χ0) is 18.8. The van der Waals surface area contributed by atoms with Crippen molar-refractivity contribution < 1.29 is 0 Å². The Hall–Kier alpha value is -2.95. The fourth-order valence-electron chi connectivity index (χ4n) is 4.29. The topological polar surface area (TPSA) is 62.2 Å². The summed E-state index contributed by atoms with van der Waals surface area (Å²) < 4.78 is 0. The van der Waals surface area contributed by atoms with Gasteiger partial charge in [-0.2, -0.15) is 0 Å². The number of rotatable bonds is 4. The lowest BCUT2D eigenvalue weighted by Gasteiger charge is -2.22. The molecule has 2 aliphatic rings. The highest BCUT2D eigenvalue weighted by Crippen LogP contribution is 2.28. The number of pyridine rings is 2. The molecule has 0 saturated heterocycles. The van der Waals surface area contributed by atoms with Gasteiger partial charge in [0, 0.05) is 35.6 Å². The highest BCUT2D eigenvalue weighted by atomic mass is 15.0. The number of aliphatic imine (C=N–C) groups is 1. The Labute approximate surface area is 165 Å². The minimum absolute atomic E-state index is 0.644. The van der Waals surface area contributed by atoms with Crippen LogP contribution in [0.15, 0.2) is 53.8 Å². The number of aromatic nitrogens is 2. The summed E-state index contributed by atoms with van der Waals surface area (Å²) in [4.78, 5) is 13.6. The molecular formula is C23H25N5. The smallest absolute Gasteiger partial charge is 0.135 e. The predicted octanol–water partition coefficient (Wildman–Crippen LogP) is 4.99. The first-order valence-corrected chi connectivity index (χ1v) is 10.3. The third kappa shape index (κ3) is 3.44. The molecule has 2 aromatic heterocycles. The Kier molecular flexibility index (Phi) is 4.65. The first kappa shape index (κ1) is 17.2. The van der Waals surface area contributed by atoms with Crippen molar-refractivity contribution in [1.82, 2.24) is 9.97 Å². The van der Waals surface area contributed by atoms with Crippen LogP contribution in [-0.4, -0.2) is 22.3 Å². The van der Waals surface area contributed by atoms with E-state index in [0.717, 1.165) is 41.1 Å². The van der Waals surface area contributed by atoms with Crippen LogP contribution in [0.1, 0.15) is 43.4 Å². The van der Waals surface area contributed by atoms with E-state index in [1.165, 1.54) is 42.9 Å². The molecule has 1 aliphatic heterocycles. The van der Waals surface area contributed by atoms with Gasteiger partial charge in [-0.1, -0.05) is 19.3 Å². The van der Waals surface area contributed by atoms with Crippen LogP contribution in [0.2, 0.25) is 0 Å². The third-order valence-electron chi connectivity index (χ3n) is 5.84. The molecule has 0 bridgehead atoms. The van der Waals surface area contributed by atoms with E-state index in [-0.39, 0.29) is 0 Å². The minimum Gasteiger partial charge on any atom is -0.369 e. The van der Waals surface area contributed by atoms with E-state index in [2.05, 4.69) is 55.9 Å². The summed E-state index contributed by atoms with van der Waals surface area (Å²) in [5.74, 6) is 2.66. The molecule has 5 heteroatoms. The van der Waals surface area contributed by atoms with E-state index < -0.39 is 0 Å². The lowest BCUT2D eigenvalue weighted by Crippen LogP contribution is -2.17. The molecule has 0 radical (unpaired) electrons. The monoisotopic (exact) mass is 371 g/mol. The van der Waals surface area contributed by atoms with Crippen molar-refractivity contribution in [1.29, 1.82) is 0 Å². The number of fused-ring (bicyclic) bond motifs is 2. The van der Waals surface area contributed by atoms with Gasteiger partial charge in [-0.15, -0.1) is 0 Å². The standard InChI is InChI=1S/C23H25N5/c1-2-5-16(6-3-1)14-26-22-19-9-8-18(13-17(19)10-12-25-22)28-23-20-7-4-11-24-21(20)15-27-23/h4,7-13,16H,1-3,5-6,14-15H2,(H,25,26)(H,27,28). The van der Waals surface area contributed by atoms with Gasteiger partial charge in [0.25, 0.3) is 0 Å². The van der Waals surface area contributed by atoms with E-state index in [0.29, 0.717) is 6.54 Å². The molecule has 0 amide bonds. The molecule has 3 heterocycles. The zero-order valence-electron chi connectivity index (χ0n) is 16.0. The Morgan fingerprint density at radius 1 is 0.964 bits per heavy atom. The van der Waals surface area contributed by atoms with Crippen LogP contribution in [0.5, 0.6) is 0 Å². The summed E-state index contributed by atoms with van der Waals surface area (Å²) in [6, 6.07) is 12.5. The molecule has 0 spiro atoms. The first-order chi connectivity index (χ1) is 13.9. The molecule has 1 aliphatic carbocycles. The SMILES string of the molecule is c1cnc2c(c1)C(Nc1ccc3c(NCC4CCCCC4)nccc3c1)=NC2. The fraction of sp³-hybridized carbons (Fsp3) is 0.348. The Morgan fingerprint density at radius 2 is 1.89 bits per heavy atom. The zero-order valence-corrected chi connectivity index (χ0v) is 16.0. The maximum Gasteiger partial charge on any atom is 0.135 e.